The van der Waals surface area contributed by atoms with Crippen LogP contribution in [0.1, 0.15) is 38.3 Å². The molecule has 40 heavy (non-hydrogen) atoms. The van der Waals surface area contributed by atoms with Gasteiger partial charge in [0.1, 0.15) is 17.3 Å². The van der Waals surface area contributed by atoms with Gasteiger partial charge in [-0.3, -0.25) is 14.5 Å². The predicted octanol–water partition coefficient (Wildman–Crippen LogP) is 6.31. The van der Waals surface area contributed by atoms with Crippen molar-refractivity contribution in [1.82, 2.24) is 10.3 Å². The van der Waals surface area contributed by atoms with Crippen molar-refractivity contribution >= 4 is 28.4 Å². The van der Waals surface area contributed by atoms with Gasteiger partial charge in [-0.25, -0.2) is 4.98 Å². The number of ether oxygens (including phenoxy) is 2. The summed E-state index contributed by atoms with van der Waals surface area (Å²) < 4.78 is 11.0. The lowest BCUT2D eigenvalue weighted by molar-refractivity contribution is -0.122. The number of carbonyl (C=O) groups is 2. The zero-order chi connectivity index (χ0) is 28.9. The largest absolute Gasteiger partial charge is 0.496 e. The Balaban J connectivity index is 1.65. The molecule has 7 nitrogen and oxygen atoms in total. The van der Waals surface area contributed by atoms with Gasteiger partial charge in [-0.05, 0) is 76.4 Å². The van der Waals surface area contributed by atoms with Gasteiger partial charge in [-0.1, -0.05) is 51.1 Å². The Morgan fingerprint density at radius 2 is 1.68 bits per heavy atom. The van der Waals surface area contributed by atoms with Gasteiger partial charge in [-0.15, -0.1) is 0 Å². The molecule has 0 radical (unpaired) electrons. The van der Waals surface area contributed by atoms with E-state index in [-0.39, 0.29) is 23.8 Å². The van der Waals surface area contributed by atoms with Crippen LogP contribution in [0.25, 0.3) is 21.9 Å². The molecule has 0 spiro atoms. The Labute approximate surface area is 236 Å². The number of carbonyl (C=O) groups excluding carboxylic acids is 2. The molecule has 4 rings (SSSR count). The van der Waals surface area contributed by atoms with E-state index in [4.69, 9.17) is 9.47 Å². The number of hydrogen-bond donors (Lipinski definition) is 1. The van der Waals surface area contributed by atoms with Crippen LogP contribution in [0.4, 0.5) is 5.82 Å². The van der Waals surface area contributed by atoms with E-state index in [1.165, 1.54) is 0 Å². The number of pyridine rings is 1. The van der Waals surface area contributed by atoms with Crippen LogP contribution >= 0.6 is 0 Å². The molecule has 2 amide bonds. The number of anilines is 1. The minimum absolute atomic E-state index is 0.00213. The summed E-state index contributed by atoms with van der Waals surface area (Å²) >= 11 is 0. The van der Waals surface area contributed by atoms with E-state index in [2.05, 4.69) is 61.4 Å². The maximum absolute atomic E-state index is 13.7. The summed E-state index contributed by atoms with van der Waals surface area (Å²) in [6.07, 6.45) is 2.08. The maximum Gasteiger partial charge on any atom is 0.257 e. The van der Waals surface area contributed by atoms with Crippen LogP contribution in [0, 0.1) is 12.3 Å². The highest BCUT2D eigenvalue weighted by Gasteiger charge is 2.25. The van der Waals surface area contributed by atoms with Crippen LogP contribution in [-0.4, -0.2) is 37.6 Å². The first-order chi connectivity index (χ1) is 19.1. The quantitative estimate of drug-likeness (QED) is 0.270. The second-order valence-corrected chi connectivity index (χ2v) is 11.1. The lowest BCUT2D eigenvalue weighted by Crippen LogP contribution is -2.34. The first kappa shape index (κ1) is 28.6. The Hall–Kier alpha value is -4.39. The molecule has 0 unspecified atom stereocenters. The van der Waals surface area contributed by atoms with Crippen LogP contribution in [-0.2, 0) is 16.1 Å². The van der Waals surface area contributed by atoms with E-state index in [1.807, 2.05) is 37.3 Å². The second-order valence-electron chi connectivity index (χ2n) is 11.1. The maximum atomic E-state index is 13.7. The van der Waals surface area contributed by atoms with Crippen molar-refractivity contribution in [2.45, 2.75) is 40.7 Å². The molecule has 1 N–H and O–H groups in total. The van der Waals surface area contributed by atoms with Crippen molar-refractivity contribution < 1.29 is 19.1 Å². The Kier molecular flexibility index (Phi) is 8.73. The normalized spacial score (nSPS) is 11.2. The molecule has 3 aromatic carbocycles. The summed E-state index contributed by atoms with van der Waals surface area (Å²) in [7, 11) is 3.25. The number of rotatable bonds is 9. The average molecular weight is 540 g/mol. The van der Waals surface area contributed by atoms with Crippen molar-refractivity contribution in [3.63, 3.8) is 0 Å². The molecular formula is C33H37N3O4. The van der Waals surface area contributed by atoms with Gasteiger partial charge in [0, 0.05) is 25.1 Å². The minimum atomic E-state index is -0.206. The summed E-state index contributed by atoms with van der Waals surface area (Å²) in [5, 5.41) is 4.26. The smallest absolute Gasteiger partial charge is 0.257 e. The van der Waals surface area contributed by atoms with Gasteiger partial charge < -0.3 is 14.8 Å². The molecule has 0 saturated heterocycles. The lowest BCUT2D eigenvalue weighted by atomic mass is 9.91. The third-order valence-electron chi connectivity index (χ3n) is 6.62. The number of aromatic nitrogens is 1. The number of fused-ring (bicyclic) bond motifs is 1. The van der Waals surface area contributed by atoms with E-state index >= 15 is 0 Å². The first-order valence-corrected chi connectivity index (χ1v) is 13.3. The number of nitrogens with zero attached hydrogens (tertiary/aromatic N) is 2. The number of nitrogens with one attached hydrogen (secondary N) is 1. The zero-order valence-corrected chi connectivity index (χ0v) is 24.1. The van der Waals surface area contributed by atoms with Crippen LogP contribution in [0.2, 0.25) is 0 Å². The van der Waals surface area contributed by atoms with Crippen molar-refractivity contribution in [2.24, 2.45) is 5.41 Å². The summed E-state index contributed by atoms with van der Waals surface area (Å²) in [5.41, 5.74) is 4.09. The molecule has 0 bridgehead atoms. The molecule has 0 saturated carbocycles. The number of methoxy groups -OCH3 is 1. The molecule has 0 aliphatic rings. The van der Waals surface area contributed by atoms with Crippen molar-refractivity contribution in [1.29, 1.82) is 0 Å². The topological polar surface area (TPSA) is 80.8 Å². The highest BCUT2D eigenvalue weighted by molar-refractivity contribution is 6.02. The predicted molar refractivity (Wildman–Crippen MR) is 160 cm³/mol. The minimum Gasteiger partial charge on any atom is -0.496 e. The molecule has 7 heteroatoms. The highest BCUT2D eigenvalue weighted by atomic mass is 16.5. The van der Waals surface area contributed by atoms with Gasteiger partial charge in [0.05, 0.1) is 13.7 Å². The summed E-state index contributed by atoms with van der Waals surface area (Å²) in [4.78, 5) is 31.7. The monoisotopic (exact) mass is 539 g/mol. The average Bonchev–Trinajstić information content (AvgIpc) is 2.93. The van der Waals surface area contributed by atoms with Crippen LogP contribution in [0.5, 0.6) is 11.5 Å². The van der Waals surface area contributed by atoms with E-state index in [1.54, 1.807) is 31.3 Å². The number of aryl methyl sites for hydroxylation is 1. The van der Waals surface area contributed by atoms with Crippen LogP contribution < -0.4 is 19.7 Å². The van der Waals surface area contributed by atoms with E-state index < -0.39 is 0 Å². The first-order valence-electron chi connectivity index (χ1n) is 13.3. The molecule has 4 aromatic rings. The van der Waals surface area contributed by atoms with Crippen molar-refractivity contribution in [3.05, 3.63) is 84.1 Å². The van der Waals surface area contributed by atoms with E-state index in [0.717, 1.165) is 38.8 Å². The number of hydrogen-bond acceptors (Lipinski definition) is 5. The van der Waals surface area contributed by atoms with Gasteiger partial charge in [0.2, 0.25) is 5.91 Å². The Morgan fingerprint density at radius 1 is 0.950 bits per heavy atom. The molecule has 0 fully saturated rings. The molecule has 1 heterocycles. The second kappa shape index (κ2) is 12.2. The van der Waals surface area contributed by atoms with Gasteiger partial charge in [0.15, 0.2) is 6.61 Å². The fraction of sp³-hybridized carbons (Fsp3) is 0.303. The van der Waals surface area contributed by atoms with E-state index in [0.29, 0.717) is 24.5 Å². The fourth-order valence-corrected chi connectivity index (χ4v) is 4.54. The van der Waals surface area contributed by atoms with Crippen LogP contribution in [0.15, 0.2) is 72.9 Å². The number of amides is 2. The van der Waals surface area contributed by atoms with Gasteiger partial charge >= 0.3 is 0 Å². The molecule has 0 atom stereocenters. The SMILES string of the molecule is CNC(=O)COc1ccc2c(N(Cc3ccc(-c4ccc(OC)c(C)c4)cc3)C(=O)CC(C)(C)C)nccc2c1. The summed E-state index contributed by atoms with van der Waals surface area (Å²) in [6, 6.07) is 21.8. The summed E-state index contributed by atoms with van der Waals surface area (Å²) in [5.74, 6) is 1.83. The molecular weight excluding hydrogens is 502 g/mol. The number of likely N-dealkylation sites (N-methyl/N-ethyl adjacent to an activating group) is 1. The standard InChI is InChI=1S/C33H37N3O4/c1-22-17-25(11-14-29(22)39-6)24-9-7-23(8-10-24)20-36(31(38)19-33(2,3)4)32-28-13-12-27(40-21-30(37)34-5)18-26(28)15-16-35-32/h7-18H,19-21H2,1-6H3,(H,34,37). The van der Waals surface area contributed by atoms with Crippen molar-refractivity contribution in [3.8, 4) is 22.6 Å². The van der Waals surface area contributed by atoms with Crippen LogP contribution in [0.3, 0.4) is 0 Å². The van der Waals surface area contributed by atoms with Gasteiger partial charge in [-0.2, -0.15) is 0 Å². The molecule has 1 aromatic heterocycles. The van der Waals surface area contributed by atoms with Gasteiger partial charge in [0.25, 0.3) is 5.91 Å². The van der Waals surface area contributed by atoms with E-state index in [9.17, 15) is 9.59 Å². The molecule has 0 aliphatic heterocycles. The molecule has 0 aliphatic carbocycles. The molecule has 208 valence electrons. The fourth-order valence-electron chi connectivity index (χ4n) is 4.54. The lowest BCUT2D eigenvalue weighted by Gasteiger charge is -2.27. The zero-order valence-electron chi connectivity index (χ0n) is 24.1. The number of benzene rings is 3. The Bertz CT molecular complexity index is 1510. The highest BCUT2D eigenvalue weighted by Crippen LogP contribution is 2.32. The van der Waals surface area contributed by atoms with Crippen molar-refractivity contribution in [2.75, 3.05) is 25.7 Å². The third-order valence-corrected chi connectivity index (χ3v) is 6.62. The third kappa shape index (κ3) is 6.97. The summed E-state index contributed by atoms with van der Waals surface area (Å²) in [6.45, 7) is 8.52. The Morgan fingerprint density at radius 3 is 2.33 bits per heavy atom.